The van der Waals surface area contributed by atoms with Gasteiger partial charge in [-0.15, -0.1) is 0 Å². The summed E-state index contributed by atoms with van der Waals surface area (Å²) < 4.78 is 5.83. The number of para-hydroxylation sites is 1. The van der Waals surface area contributed by atoms with E-state index in [0.717, 1.165) is 19.4 Å². The highest BCUT2D eigenvalue weighted by Crippen LogP contribution is 2.36. The maximum Gasteiger partial charge on any atom is 0.335 e. The van der Waals surface area contributed by atoms with E-state index in [0.29, 0.717) is 22.9 Å². The second kappa shape index (κ2) is 7.36. The minimum atomic E-state index is -1.02. The third kappa shape index (κ3) is 3.91. The van der Waals surface area contributed by atoms with Crippen molar-refractivity contribution in [3.8, 4) is 11.5 Å². The Hall–Kier alpha value is -2.69. The summed E-state index contributed by atoms with van der Waals surface area (Å²) in [5.74, 6) is 0.0830. The summed E-state index contributed by atoms with van der Waals surface area (Å²) in [5, 5.41) is 12.4. The van der Waals surface area contributed by atoms with Crippen LogP contribution in [-0.4, -0.2) is 17.6 Å². The van der Waals surface area contributed by atoms with Gasteiger partial charge in [0.25, 0.3) is 0 Å². The number of carboxylic acid groups (broad SMARTS) is 1. The fraction of sp³-hybridized carbons (Fsp3) is 0.235. The van der Waals surface area contributed by atoms with Crippen LogP contribution in [0.5, 0.6) is 11.5 Å². The van der Waals surface area contributed by atoms with Gasteiger partial charge < -0.3 is 20.9 Å². The van der Waals surface area contributed by atoms with Crippen molar-refractivity contribution in [3.05, 3.63) is 48.0 Å². The predicted octanol–water partition coefficient (Wildman–Crippen LogP) is 3.97. The van der Waals surface area contributed by atoms with Gasteiger partial charge in [-0.25, -0.2) is 4.79 Å². The van der Waals surface area contributed by atoms with Crippen molar-refractivity contribution in [1.29, 1.82) is 0 Å². The van der Waals surface area contributed by atoms with E-state index >= 15 is 0 Å². The molecule has 5 heteroatoms. The van der Waals surface area contributed by atoms with Crippen molar-refractivity contribution in [2.24, 2.45) is 0 Å². The van der Waals surface area contributed by atoms with E-state index < -0.39 is 5.97 Å². The Kier molecular flexibility index (Phi) is 5.25. The van der Waals surface area contributed by atoms with Crippen molar-refractivity contribution < 1.29 is 14.6 Å². The molecule has 0 aliphatic heterocycles. The molecule has 0 bridgehead atoms. The van der Waals surface area contributed by atoms with E-state index in [1.54, 1.807) is 6.07 Å². The van der Waals surface area contributed by atoms with Crippen LogP contribution in [-0.2, 0) is 0 Å². The maximum atomic E-state index is 11.2. The average Bonchev–Trinajstić information content (AvgIpc) is 2.51. The van der Waals surface area contributed by atoms with Crippen LogP contribution in [0, 0.1) is 0 Å². The standard InChI is InChI=1S/C17H20N2O3/c1-2-3-9-19-15-11-12(17(20)21)10-14(18)16(15)22-13-7-5-4-6-8-13/h4-8,10-11,19H,2-3,9,18H2,1H3,(H,20,21). The van der Waals surface area contributed by atoms with Crippen LogP contribution in [0.25, 0.3) is 0 Å². The highest BCUT2D eigenvalue weighted by Gasteiger charge is 2.14. The first-order chi connectivity index (χ1) is 10.6. The molecule has 4 N–H and O–H groups in total. The summed E-state index contributed by atoms with van der Waals surface area (Å²) >= 11 is 0. The van der Waals surface area contributed by atoms with E-state index in [4.69, 9.17) is 15.6 Å². The van der Waals surface area contributed by atoms with Gasteiger partial charge >= 0.3 is 5.97 Å². The van der Waals surface area contributed by atoms with Crippen LogP contribution in [0.1, 0.15) is 30.1 Å². The molecule has 0 fully saturated rings. The fourth-order valence-electron chi connectivity index (χ4n) is 2.03. The van der Waals surface area contributed by atoms with Gasteiger partial charge in [0, 0.05) is 6.54 Å². The van der Waals surface area contributed by atoms with Crippen LogP contribution >= 0.6 is 0 Å². The number of benzene rings is 2. The molecule has 5 nitrogen and oxygen atoms in total. The molecule has 0 radical (unpaired) electrons. The van der Waals surface area contributed by atoms with Crippen LogP contribution in [0.15, 0.2) is 42.5 Å². The van der Waals surface area contributed by atoms with Gasteiger partial charge in [-0.3, -0.25) is 0 Å². The number of rotatable bonds is 7. The lowest BCUT2D eigenvalue weighted by Gasteiger charge is -2.16. The zero-order chi connectivity index (χ0) is 15.9. The number of ether oxygens (including phenoxy) is 1. The van der Waals surface area contributed by atoms with Gasteiger partial charge in [-0.2, -0.15) is 0 Å². The fourth-order valence-corrected chi connectivity index (χ4v) is 2.03. The van der Waals surface area contributed by atoms with Gasteiger partial charge in [-0.1, -0.05) is 31.5 Å². The van der Waals surface area contributed by atoms with Crippen molar-refractivity contribution in [2.45, 2.75) is 19.8 Å². The number of aromatic carboxylic acids is 1. The molecule has 0 heterocycles. The molecule has 2 aromatic carbocycles. The predicted molar refractivity (Wildman–Crippen MR) is 87.7 cm³/mol. The highest BCUT2D eigenvalue weighted by atomic mass is 16.5. The Bertz CT molecular complexity index is 642. The number of hydrogen-bond donors (Lipinski definition) is 3. The van der Waals surface area contributed by atoms with Crippen molar-refractivity contribution in [3.63, 3.8) is 0 Å². The molecule has 0 aliphatic carbocycles. The monoisotopic (exact) mass is 300 g/mol. The molecule has 0 aromatic heterocycles. The molecule has 0 unspecified atom stereocenters. The second-order valence-corrected chi connectivity index (χ2v) is 4.94. The number of hydrogen-bond acceptors (Lipinski definition) is 4. The van der Waals surface area contributed by atoms with Crippen LogP contribution in [0.3, 0.4) is 0 Å². The molecular formula is C17H20N2O3. The SMILES string of the molecule is CCCCNc1cc(C(=O)O)cc(N)c1Oc1ccccc1. The van der Waals surface area contributed by atoms with Crippen molar-refractivity contribution in [1.82, 2.24) is 0 Å². The minimum Gasteiger partial charge on any atom is -0.478 e. The number of anilines is 2. The Morgan fingerprint density at radius 2 is 2.00 bits per heavy atom. The highest BCUT2D eigenvalue weighted by molar-refractivity contribution is 5.92. The summed E-state index contributed by atoms with van der Waals surface area (Å²) in [5.41, 5.74) is 7.01. The van der Waals surface area contributed by atoms with Crippen LogP contribution < -0.4 is 15.8 Å². The molecular weight excluding hydrogens is 280 g/mol. The van der Waals surface area contributed by atoms with E-state index in [9.17, 15) is 4.79 Å². The number of carbonyl (C=O) groups is 1. The molecule has 116 valence electrons. The molecule has 22 heavy (non-hydrogen) atoms. The first kappa shape index (κ1) is 15.7. The molecule has 0 atom stereocenters. The zero-order valence-corrected chi connectivity index (χ0v) is 12.5. The third-order valence-electron chi connectivity index (χ3n) is 3.17. The Balaban J connectivity index is 2.34. The number of unbranched alkanes of at least 4 members (excludes halogenated alkanes) is 1. The zero-order valence-electron chi connectivity index (χ0n) is 12.5. The Labute approximate surface area is 129 Å². The van der Waals surface area contributed by atoms with Gasteiger partial charge in [0.1, 0.15) is 5.75 Å². The lowest BCUT2D eigenvalue weighted by molar-refractivity contribution is 0.0697. The van der Waals surface area contributed by atoms with Gasteiger partial charge in [0.15, 0.2) is 5.75 Å². The van der Waals surface area contributed by atoms with E-state index in [1.165, 1.54) is 6.07 Å². The van der Waals surface area contributed by atoms with E-state index in [1.807, 2.05) is 30.3 Å². The first-order valence-electron chi connectivity index (χ1n) is 7.25. The molecule has 0 amide bonds. The normalized spacial score (nSPS) is 10.2. The molecule has 0 aliphatic rings. The Morgan fingerprint density at radius 1 is 1.27 bits per heavy atom. The molecule has 0 saturated heterocycles. The topological polar surface area (TPSA) is 84.6 Å². The second-order valence-electron chi connectivity index (χ2n) is 4.94. The molecule has 2 rings (SSSR count). The van der Waals surface area contributed by atoms with Gasteiger partial charge in [-0.05, 0) is 30.7 Å². The quantitative estimate of drug-likeness (QED) is 0.532. The Morgan fingerprint density at radius 3 is 2.64 bits per heavy atom. The summed E-state index contributed by atoms with van der Waals surface area (Å²) in [6.45, 7) is 2.81. The van der Waals surface area contributed by atoms with Gasteiger partial charge in [0.05, 0.1) is 16.9 Å². The smallest absolute Gasteiger partial charge is 0.335 e. The number of nitrogens with one attached hydrogen (secondary N) is 1. The maximum absolute atomic E-state index is 11.2. The van der Waals surface area contributed by atoms with Gasteiger partial charge in [0.2, 0.25) is 0 Å². The van der Waals surface area contributed by atoms with Crippen molar-refractivity contribution >= 4 is 17.3 Å². The van der Waals surface area contributed by atoms with Crippen LogP contribution in [0.2, 0.25) is 0 Å². The number of carboxylic acids is 1. The lowest BCUT2D eigenvalue weighted by atomic mass is 10.1. The van der Waals surface area contributed by atoms with Crippen molar-refractivity contribution in [2.75, 3.05) is 17.6 Å². The summed E-state index contributed by atoms with van der Waals surface area (Å²) in [7, 11) is 0. The largest absolute Gasteiger partial charge is 0.478 e. The lowest BCUT2D eigenvalue weighted by Crippen LogP contribution is -2.07. The summed E-state index contributed by atoms with van der Waals surface area (Å²) in [6.07, 6.45) is 2.01. The first-order valence-corrected chi connectivity index (χ1v) is 7.25. The van der Waals surface area contributed by atoms with Crippen LogP contribution in [0.4, 0.5) is 11.4 Å². The minimum absolute atomic E-state index is 0.136. The summed E-state index contributed by atoms with van der Waals surface area (Å²) in [4.78, 5) is 11.2. The number of nitrogen functional groups attached to an aromatic ring is 1. The molecule has 0 spiro atoms. The van der Waals surface area contributed by atoms with E-state index in [-0.39, 0.29) is 5.56 Å². The average molecular weight is 300 g/mol. The molecule has 0 saturated carbocycles. The molecule has 2 aromatic rings. The number of nitrogens with two attached hydrogens (primary N) is 1. The third-order valence-corrected chi connectivity index (χ3v) is 3.17. The summed E-state index contributed by atoms with van der Waals surface area (Å²) in [6, 6.07) is 12.2. The van der Waals surface area contributed by atoms with E-state index in [2.05, 4.69) is 12.2 Å².